The van der Waals surface area contributed by atoms with E-state index in [-0.39, 0.29) is 0 Å². The molecular formula is C18H34N2O. The second kappa shape index (κ2) is 8.07. The Morgan fingerprint density at radius 3 is 2.67 bits per heavy atom. The van der Waals surface area contributed by atoms with Crippen LogP contribution >= 0.6 is 0 Å². The van der Waals surface area contributed by atoms with E-state index in [1.165, 1.54) is 38.6 Å². The van der Waals surface area contributed by atoms with Crippen LogP contribution in [0.5, 0.6) is 0 Å². The van der Waals surface area contributed by atoms with Gasteiger partial charge in [-0.1, -0.05) is 40.5 Å². The van der Waals surface area contributed by atoms with Gasteiger partial charge in [0.2, 0.25) is 0 Å². The van der Waals surface area contributed by atoms with E-state index in [4.69, 9.17) is 4.74 Å². The first-order valence-corrected chi connectivity index (χ1v) is 8.88. The Hall–Kier alpha value is -0.700. The number of ether oxygens (including phenoxy) is 1. The van der Waals surface area contributed by atoms with Crippen molar-refractivity contribution < 1.29 is 4.74 Å². The van der Waals surface area contributed by atoms with Gasteiger partial charge < -0.3 is 14.5 Å². The van der Waals surface area contributed by atoms with Crippen molar-refractivity contribution in [2.75, 3.05) is 19.9 Å². The standard InChI is InChI=1S/C18H34N2O/c1-5-6-9-19-10-11-20(13-19)14-21-18-12-16(4)7-8-17(18)15(2)3/h10-11,15-18H,5-9,12-14H2,1-4H3/t16-,17?,18?/m1/s1. The Balaban J connectivity index is 1.75. The summed E-state index contributed by atoms with van der Waals surface area (Å²) in [5.74, 6) is 2.29. The first kappa shape index (κ1) is 16.7. The van der Waals surface area contributed by atoms with Crippen LogP contribution in [0.15, 0.2) is 12.4 Å². The van der Waals surface area contributed by atoms with Crippen LogP contribution in [0, 0.1) is 17.8 Å². The van der Waals surface area contributed by atoms with Gasteiger partial charge in [0, 0.05) is 18.9 Å². The van der Waals surface area contributed by atoms with Crippen LogP contribution in [-0.2, 0) is 4.74 Å². The minimum Gasteiger partial charge on any atom is -0.359 e. The summed E-state index contributed by atoms with van der Waals surface area (Å²) in [6.07, 6.45) is 11.3. The summed E-state index contributed by atoms with van der Waals surface area (Å²) in [7, 11) is 0. The molecule has 0 N–H and O–H groups in total. The topological polar surface area (TPSA) is 15.7 Å². The molecule has 1 saturated carbocycles. The maximum absolute atomic E-state index is 6.31. The van der Waals surface area contributed by atoms with E-state index < -0.39 is 0 Å². The largest absolute Gasteiger partial charge is 0.359 e. The molecule has 2 rings (SSSR count). The lowest BCUT2D eigenvalue weighted by Gasteiger charge is -2.38. The molecule has 1 aliphatic heterocycles. The Labute approximate surface area is 131 Å². The highest BCUT2D eigenvalue weighted by molar-refractivity contribution is 4.89. The minimum atomic E-state index is 0.451. The first-order valence-electron chi connectivity index (χ1n) is 8.88. The molecule has 3 nitrogen and oxygen atoms in total. The average Bonchev–Trinajstić information content (AvgIpc) is 2.90. The summed E-state index contributed by atoms with van der Waals surface area (Å²) >= 11 is 0. The fraction of sp³-hybridized carbons (Fsp3) is 0.889. The number of unbranched alkanes of at least 4 members (excludes halogenated alkanes) is 1. The van der Waals surface area contributed by atoms with Gasteiger partial charge in [-0.3, -0.25) is 0 Å². The predicted octanol–water partition coefficient (Wildman–Crippen LogP) is 4.27. The van der Waals surface area contributed by atoms with Crippen LogP contribution in [0.3, 0.4) is 0 Å². The van der Waals surface area contributed by atoms with Crippen molar-refractivity contribution in [2.45, 2.75) is 65.9 Å². The lowest BCUT2D eigenvalue weighted by Crippen LogP contribution is -2.37. The highest BCUT2D eigenvalue weighted by atomic mass is 16.5. The molecule has 0 bridgehead atoms. The average molecular weight is 294 g/mol. The van der Waals surface area contributed by atoms with Crippen molar-refractivity contribution in [1.29, 1.82) is 0 Å². The van der Waals surface area contributed by atoms with Crippen molar-refractivity contribution >= 4 is 0 Å². The molecule has 0 amide bonds. The van der Waals surface area contributed by atoms with Crippen LogP contribution in [0.2, 0.25) is 0 Å². The quantitative estimate of drug-likeness (QED) is 0.697. The van der Waals surface area contributed by atoms with Crippen molar-refractivity contribution in [1.82, 2.24) is 9.80 Å². The lowest BCUT2D eigenvalue weighted by atomic mass is 9.75. The first-order chi connectivity index (χ1) is 10.1. The SMILES string of the molecule is CCCCN1C=CN(COC2C[C@H](C)CCC2C(C)C)C1. The number of rotatable bonds is 7. The molecule has 21 heavy (non-hydrogen) atoms. The molecule has 122 valence electrons. The molecule has 3 atom stereocenters. The Bertz CT molecular complexity index is 329. The maximum Gasteiger partial charge on any atom is 0.120 e. The van der Waals surface area contributed by atoms with Gasteiger partial charge in [-0.05, 0) is 37.0 Å². The summed E-state index contributed by atoms with van der Waals surface area (Å²) in [4.78, 5) is 4.68. The fourth-order valence-electron chi connectivity index (χ4n) is 3.60. The van der Waals surface area contributed by atoms with E-state index in [0.717, 1.165) is 31.2 Å². The Kier molecular flexibility index (Phi) is 6.40. The zero-order valence-electron chi connectivity index (χ0n) is 14.4. The predicted molar refractivity (Wildman–Crippen MR) is 88.5 cm³/mol. The molecule has 1 aliphatic carbocycles. The maximum atomic E-state index is 6.31. The number of hydrogen-bond donors (Lipinski definition) is 0. The molecule has 0 saturated heterocycles. The van der Waals surface area contributed by atoms with Gasteiger partial charge in [-0.2, -0.15) is 0 Å². The lowest BCUT2D eigenvalue weighted by molar-refractivity contribution is -0.0736. The Morgan fingerprint density at radius 2 is 1.95 bits per heavy atom. The van der Waals surface area contributed by atoms with Crippen molar-refractivity contribution in [2.24, 2.45) is 17.8 Å². The normalized spacial score (nSPS) is 29.7. The van der Waals surface area contributed by atoms with Gasteiger partial charge in [0.15, 0.2) is 0 Å². The van der Waals surface area contributed by atoms with Gasteiger partial charge in [-0.15, -0.1) is 0 Å². The molecule has 0 radical (unpaired) electrons. The third-order valence-corrected chi connectivity index (χ3v) is 5.07. The van der Waals surface area contributed by atoms with Crippen LogP contribution < -0.4 is 0 Å². The monoisotopic (exact) mass is 294 g/mol. The molecular weight excluding hydrogens is 260 g/mol. The molecule has 2 aliphatic rings. The van der Waals surface area contributed by atoms with E-state index >= 15 is 0 Å². The van der Waals surface area contributed by atoms with Gasteiger partial charge in [0.05, 0.1) is 12.8 Å². The number of hydrogen-bond acceptors (Lipinski definition) is 3. The highest BCUT2D eigenvalue weighted by Crippen LogP contribution is 2.35. The number of nitrogens with zero attached hydrogens (tertiary/aromatic N) is 2. The summed E-state index contributed by atoms with van der Waals surface area (Å²) in [6, 6.07) is 0. The van der Waals surface area contributed by atoms with E-state index in [0.29, 0.717) is 6.10 Å². The smallest absolute Gasteiger partial charge is 0.120 e. The second-order valence-electron chi connectivity index (χ2n) is 7.35. The van der Waals surface area contributed by atoms with E-state index in [1.807, 2.05) is 0 Å². The molecule has 1 heterocycles. The van der Waals surface area contributed by atoms with E-state index in [1.54, 1.807) is 0 Å². The molecule has 0 spiro atoms. The highest BCUT2D eigenvalue weighted by Gasteiger charge is 2.31. The third-order valence-electron chi connectivity index (χ3n) is 5.07. The molecule has 1 fully saturated rings. The summed E-state index contributed by atoms with van der Waals surface area (Å²) in [6.45, 7) is 12.2. The molecule has 0 aromatic carbocycles. The van der Waals surface area contributed by atoms with Crippen LogP contribution in [0.1, 0.15) is 59.8 Å². The fourth-order valence-corrected chi connectivity index (χ4v) is 3.60. The van der Waals surface area contributed by atoms with Crippen molar-refractivity contribution in [3.8, 4) is 0 Å². The van der Waals surface area contributed by atoms with Crippen LogP contribution in [-0.4, -0.2) is 35.8 Å². The van der Waals surface area contributed by atoms with E-state index in [2.05, 4.69) is 49.9 Å². The third kappa shape index (κ3) is 4.91. The summed E-state index contributed by atoms with van der Waals surface area (Å²) < 4.78 is 6.31. The zero-order valence-corrected chi connectivity index (χ0v) is 14.4. The van der Waals surface area contributed by atoms with Crippen molar-refractivity contribution in [3.63, 3.8) is 0 Å². The van der Waals surface area contributed by atoms with Gasteiger partial charge in [0.1, 0.15) is 6.73 Å². The zero-order chi connectivity index (χ0) is 15.2. The van der Waals surface area contributed by atoms with Crippen LogP contribution in [0.25, 0.3) is 0 Å². The molecule has 0 aromatic rings. The summed E-state index contributed by atoms with van der Waals surface area (Å²) in [5.41, 5.74) is 0. The van der Waals surface area contributed by atoms with Gasteiger partial charge in [-0.25, -0.2) is 0 Å². The second-order valence-corrected chi connectivity index (χ2v) is 7.35. The summed E-state index contributed by atoms with van der Waals surface area (Å²) in [5, 5.41) is 0. The van der Waals surface area contributed by atoms with Gasteiger partial charge in [0.25, 0.3) is 0 Å². The van der Waals surface area contributed by atoms with E-state index in [9.17, 15) is 0 Å². The minimum absolute atomic E-state index is 0.451. The van der Waals surface area contributed by atoms with Crippen molar-refractivity contribution in [3.05, 3.63) is 12.4 Å². The Morgan fingerprint density at radius 1 is 1.19 bits per heavy atom. The van der Waals surface area contributed by atoms with Gasteiger partial charge >= 0.3 is 0 Å². The van der Waals surface area contributed by atoms with Crippen LogP contribution in [0.4, 0.5) is 0 Å². The molecule has 3 heteroatoms. The molecule has 0 aromatic heterocycles. The molecule has 2 unspecified atom stereocenters.